The summed E-state index contributed by atoms with van der Waals surface area (Å²) in [6, 6.07) is 0. The summed E-state index contributed by atoms with van der Waals surface area (Å²) in [7, 11) is -3.13. The predicted octanol–water partition coefficient (Wildman–Crippen LogP) is 0.595. The molecule has 0 aromatic carbocycles. The predicted molar refractivity (Wildman–Crippen MR) is 58.2 cm³/mol. The SMILES string of the molecule is CS(=O)(=O)CCn1cc(Cl)nc(Cl)c1=O. The molecule has 0 aliphatic rings. The zero-order valence-electron chi connectivity index (χ0n) is 7.77. The molecule has 0 N–H and O–H groups in total. The summed E-state index contributed by atoms with van der Waals surface area (Å²) in [6.07, 6.45) is 2.34. The van der Waals surface area contributed by atoms with Crippen LogP contribution in [-0.4, -0.2) is 30.0 Å². The van der Waals surface area contributed by atoms with Crippen LogP contribution >= 0.6 is 23.2 Å². The van der Waals surface area contributed by atoms with E-state index in [4.69, 9.17) is 23.2 Å². The molecule has 0 aliphatic heterocycles. The van der Waals surface area contributed by atoms with Crippen molar-refractivity contribution >= 4 is 33.0 Å². The molecule has 0 spiro atoms. The number of sulfone groups is 1. The summed E-state index contributed by atoms with van der Waals surface area (Å²) in [5, 5.41) is -0.218. The number of halogens is 2. The van der Waals surface area contributed by atoms with Gasteiger partial charge < -0.3 is 4.57 Å². The molecule has 1 rings (SSSR count). The van der Waals surface area contributed by atoms with Crippen LogP contribution < -0.4 is 5.56 Å². The van der Waals surface area contributed by atoms with Gasteiger partial charge in [-0.25, -0.2) is 13.4 Å². The van der Waals surface area contributed by atoms with E-state index in [1.54, 1.807) is 0 Å². The number of rotatable bonds is 3. The maximum atomic E-state index is 11.4. The molecule has 1 heterocycles. The second kappa shape index (κ2) is 4.51. The van der Waals surface area contributed by atoms with Crippen molar-refractivity contribution in [3.8, 4) is 0 Å². The van der Waals surface area contributed by atoms with E-state index in [2.05, 4.69) is 4.98 Å². The van der Waals surface area contributed by atoms with E-state index in [0.717, 1.165) is 10.8 Å². The van der Waals surface area contributed by atoms with Crippen molar-refractivity contribution in [3.05, 3.63) is 26.9 Å². The number of aromatic nitrogens is 2. The van der Waals surface area contributed by atoms with Gasteiger partial charge in [-0.2, -0.15) is 0 Å². The van der Waals surface area contributed by atoms with Crippen LogP contribution in [0.4, 0.5) is 0 Å². The summed E-state index contributed by atoms with van der Waals surface area (Å²) in [6.45, 7) is 0.0135. The Morgan fingerprint density at radius 2 is 2.07 bits per heavy atom. The first-order valence-electron chi connectivity index (χ1n) is 3.90. The Labute approximate surface area is 96.6 Å². The lowest BCUT2D eigenvalue weighted by molar-refractivity contribution is 0.592. The van der Waals surface area contributed by atoms with Crippen molar-refractivity contribution in [1.29, 1.82) is 0 Å². The second-order valence-corrected chi connectivity index (χ2v) is 5.99. The van der Waals surface area contributed by atoms with Crippen LogP contribution in [0.2, 0.25) is 10.3 Å². The van der Waals surface area contributed by atoms with E-state index in [1.807, 2.05) is 0 Å². The van der Waals surface area contributed by atoms with E-state index in [0.29, 0.717) is 0 Å². The molecule has 1 aromatic heterocycles. The van der Waals surface area contributed by atoms with E-state index in [9.17, 15) is 13.2 Å². The van der Waals surface area contributed by atoms with E-state index in [-0.39, 0.29) is 22.6 Å². The van der Waals surface area contributed by atoms with E-state index >= 15 is 0 Å². The number of hydrogen-bond acceptors (Lipinski definition) is 4. The van der Waals surface area contributed by atoms with Crippen molar-refractivity contribution in [2.45, 2.75) is 6.54 Å². The smallest absolute Gasteiger partial charge is 0.288 e. The highest BCUT2D eigenvalue weighted by atomic mass is 35.5. The third-order valence-electron chi connectivity index (χ3n) is 1.61. The van der Waals surface area contributed by atoms with Gasteiger partial charge in [0, 0.05) is 19.0 Å². The molecule has 0 aliphatic carbocycles. The quantitative estimate of drug-likeness (QED) is 0.807. The molecular weight excluding hydrogens is 263 g/mol. The highest BCUT2D eigenvalue weighted by Crippen LogP contribution is 2.05. The first-order chi connectivity index (χ1) is 6.79. The molecule has 1 aromatic rings. The number of nitrogens with zero attached hydrogens (tertiary/aromatic N) is 2. The van der Waals surface area contributed by atoms with Gasteiger partial charge in [0.05, 0.1) is 5.75 Å². The Kier molecular flexibility index (Phi) is 3.75. The monoisotopic (exact) mass is 270 g/mol. The molecule has 0 atom stereocenters. The highest BCUT2D eigenvalue weighted by molar-refractivity contribution is 7.90. The van der Waals surface area contributed by atoms with Crippen molar-refractivity contribution in [3.63, 3.8) is 0 Å². The van der Waals surface area contributed by atoms with Gasteiger partial charge in [-0.3, -0.25) is 4.79 Å². The minimum absolute atomic E-state index is 0.0135. The largest absolute Gasteiger partial charge is 0.309 e. The molecule has 0 unspecified atom stereocenters. The third-order valence-corrected chi connectivity index (χ3v) is 2.96. The van der Waals surface area contributed by atoms with Gasteiger partial charge in [0.2, 0.25) is 0 Å². The van der Waals surface area contributed by atoms with Gasteiger partial charge in [-0.15, -0.1) is 0 Å². The van der Waals surface area contributed by atoms with Crippen LogP contribution in [0.3, 0.4) is 0 Å². The Bertz CT molecular complexity index is 524. The topological polar surface area (TPSA) is 69.0 Å². The van der Waals surface area contributed by atoms with Gasteiger partial charge >= 0.3 is 0 Å². The minimum Gasteiger partial charge on any atom is -0.309 e. The molecule has 15 heavy (non-hydrogen) atoms. The fourth-order valence-corrected chi connectivity index (χ4v) is 1.88. The van der Waals surface area contributed by atoms with Crippen molar-refractivity contribution in [1.82, 2.24) is 9.55 Å². The van der Waals surface area contributed by atoms with Crippen molar-refractivity contribution in [2.75, 3.05) is 12.0 Å². The lowest BCUT2D eigenvalue weighted by Crippen LogP contribution is -2.24. The van der Waals surface area contributed by atoms with Crippen LogP contribution in [0.5, 0.6) is 0 Å². The highest BCUT2D eigenvalue weighted by Gasteiger charge is 2.08. The van der Waals surface area contributed by atoms with Gasteiger partial charge in [0.25, 0.3) is 5.56 Å². The summed E-state index contributed by atoms with van der Waals surface area (Å²) >= 11 is 11.1. The van der Waals surface area contributed by atoms with Crippen LogP contribution in [0.15, 0.2) is 11.0 Å². The number of aryl methyl sites for hydroxylation is 1. The van der Waals surface area contributed by atoms with E-state index in [1.165, 1.54) is 6.20 Å². The Morgan fingerprint density at radius 3 is 2.60 bits per heavy atom. The molecule has 5 nitrogen and oxygen atoms in total. The summed E-state index contributed by atoms with van der Waals surface area (Å²) in [4.78, 5) is 14.9. The summed E-state index contributed by atoms with van der Waals surface area (Å²) in [5.41, 5.74) is -0.551. The zero-order chi connectivity index (χ0) is 11.6. The van der Waals surface area contributed by atoms with Gasteiger partial charge in [0.15, 0.2) is 5.15 Å². The first kappa shape index (κ1) is 12.5. The second-order valence-electron chi connectivity index (χ2n) is 2.98. The molecule has 0 amide bonds. The lowest BCUT2D eigenvalue weighted by Gasteiger charge is -2.04. The van der Waals surface area contributed by atoms with Gasteiger partial charge in [0.1, 0.15) is 15.0 Å². The molecular formula is C7H8Cl2N2O3S. The molecule has 0 saturated carbocycles. The van der Waals surface area contributed by atoms with Crippen LogP contribution in [0.25, 0.3) is 0 Å². The molecule has 0 fully saturated rings. The molecule has 84 valence electrons. The third kappa shape index (κ3) is 3.81. The summed E-state index contributed by atoms with van der Waals surface area (Å²) in [5.74, 6) is -0.149. The molecule has 0 radical (unpaired) electrons. The first-order valence-corrected chi connectivity index (χ1v) is 6.71. The lowest BCUT2D eigenvalue weighted by atomic mass is 10.6. The average Bonchev–Trinajstić information content (AvgIpc) is 2.07. The van der Waals surface area contributed by atoms with Crippen molar-refractivity contribution in [2.24, 2.45) is 0 Å². The Hall–Kier alpha value is -0.590. The Balaban J connectivity index is 3.01. The zero-order valence-corrected chi connectivity index (χ0v) is 10.1. The molecule has 0 bridgehead atoms. The van der Waals surface area contributed by atoms with Crippen LogP contribution in [0.1, 0.15) is 0 Å². The van der Waals surface area contributed by atoms with Crippen LogP contribution in [0, 0.1) is 0 Å². The summed E-state index contributed by atoms with van der Waals surface area (Å²) < 4.78 is 22.9. The Morgan fingerprint density at radius 1 is 1.47 bits per heavy atom. The average molecular weight is 271 g/mol. The standard InChI is InChI=1S/C7H8Cl2N2O3S/c1-15(13,14)3-2-11-4-5(8)10-6(9)7(11)12/h4H,2-3H2,1H3. The molecule has 0 saturated heterocycles. The van der Waals surface area contributed by atoms with Crippen LogP contribution in [-0.2, 0) is 16.4 Å². The normalized spacial score (nSPS) is 11.7. The number of hydrogen-bond donors (Lipinski definition) is 0. The fourth-order valence-electron chi connectivity index (χ4n) is 0.906. The maximum Gasteiger partial charge on any atom is 0.288 e. The van der Waals surface area contributed by atoms with Gasteiger partial charge in [-0.1, -0.05) is 23.2 Å². The fraction of sp³-hybridized carbons (Fsp3) is 0.429. The molecule has 8 heteroatoms. The van der Waals surface area contributed by atoms with E-state index < -0.39 is 15.4 Å². The minimum atomic E-state index is -3.13. The maximum absolute atomic E-state index is 11.4. The van der Waals surface area contributed by atoms with Gasteiger partial charge in [-0.05, 0) is 0 Å². The van der Waals surface area contributed by atoms with Crippen molar-refractivity contribution < 1.29 is 8.42 Å².